The van der Waals surface area contributed by atoms with Crippen molar-refractivity contribution in [3.05, 3.63) is 53.9 Å². The molecule has 1 atom stereocenters. The highest BCUT2D eigenvalue weighted by atomic mass is 16.5. The summed E-state index contributed by atoms with van der Waals surface area (Å²) in [5, 5.41) is 6.77. The number of nitrogens with two attached hydrogens (primary N) is 1. The monoisotopic (exact) mass is 231 g/mol. The highest BCUT2D eigenvalue weighted by Gasteiger charge is 2.27. The van der Waals surface area contributed by atoms with Crippen molar-refractivity contribution in [2.45, 2.75) is 25.7 Å². The molecule has 0 aliphatic heterocycles. The molecule has 1 heterocycles. The molecular formula is C13H17N3O. The van der Waals surface area contributed by atoms with Gasteiger partial charge in [-0.15, -0.1) is 0 Å². The first-order valence-electron chi connectivity index (χ1n) is 5.71. The van der Waals surface area contributed by atoms with Crippen LogP contribution in [0.25, 0.3) is 0 Å². The molecule has 4 heteroatoms. The van der Waals surface area contributed by atoms with Gasteiger partial charge in [-0.05, 0) is 18.1 Å². The average molecular weight is 231 g/mol. The van der Waals surface area contributed by atoms with E-state index in [0.29, 0.717) is 13.0 Å². The largest absolute Gasteiger partial charge is 0.350 e. The van der Waals surface area contributed by atoms with Crippen LogP contribution in [0.5, 0.6) is 0 Å². The van der Waals surface area contributed by atoms with E-state index in [0.717, 1.165) is 11.3 Å². The van der Waals surface area contributed by atoms with Gasteiger partial charge in [0.15, 0.2) is 5.72 Å². The number of nitrogens with one attached hydrogen (secondary N) is 1. The number of hydrogen-bond acceptors (Lipinski definition) is 3. The fourth-order valence-electron chi connectivity index (χ4n) is 1.65. The van der Waals surface area contributed by atoms with Gasteiger partial charge in [-0.3, -0.25) is 10.8 Å². The lowest BCUT2D eigenvalue weighted by atomic mass is 10.1. The molecule has 90 valence electrons. The van der Waals surface area contributed by atoms with Crippen molar-refractivity contribution in [3.63, 3.8) is 0 Å². The van der Waals surface area contributed by atoms with Crippen LogP contribution >= 0.6 is 0 Å². The first-order chi connectivity index (χ1) is 8.24. The third-order valence-electron chi connectivity index (χ3n) is 2.82. The lowest BCUT2D eigenvalue weighted by molar-refractivity contribution is -0.0639. The molecule has 0 bridgehead atoms. The molecule has 3 N–H and O–H groups in total. The van der Waals surface area contributed by atoms with E-state index in [1.807, 2.05) is 43.3 Å². The molecule has 0 fully saturated rings. The normalized spacial score (nSPS) is 14.5. The van der Waals surface area contributed by atoms with E-state index in [4.69, 9.17) is 10.5 Å². The molecule has 2 rings (SSSR count). The van der Waals surface area contributed by atoms with Gasteiger partial charge in [0.25, 0.3) is 0 Å². The summed E-state index contributed by atoms with van der Waals surface area (Å²) < 4.78 is 5.82. The van der Waals surface area contributed by atoms with Gasteiger partial charge in [-0.2, -0.15) is 5.10 Å². The smallest absolute Gasteiger partial charge is 0.159 e. The highest BCUT2D eigenvalue weighted by Crippen LogP contribution is 2.22. The lowest BCUT2D eigenvalue weighted by Crippen LogP contribution is -2.39. The number of benzene rings is 1. The average Bonchev–Trinajstić information content (AvgIpc) is 2.92. The summed E-state index contributed by atoms with van der Waals surface area (Å²) >= 11 is 0. The summed E-state index contributed by atoms with van der Waals surface area (Å²) in [6.45, 7) is 2.48. The van der Waals surface area contributed by atoms with Crippen LogP contribution in [0.3, 0.4) is 0 Å². The van der Waals surface area contributed by atoms with Crippen molar-refractivity contribution in [1.29, 1.82) is 0 Å². The molecule has 4 nitrogen and oxygen atoms in total. The SMILES string of the molecule is CCC(N)(OCc1ccccc1)c1ccn[nH]1. The van der Waals surface area contributed by atoms with E-state index in [-0.39, 0.29) is 0 Å². The number of hydrogen-bond donors (Lipinski definition) is 2. The van der Waals surface area contributed by atoms with E-state index in [9.17, 15) is 0 Å². The van der Waals surface area contributed by atoms with Gasteiger partial charge in [0.1, 0.15) is 0 Å². The van der Waals surface area contributed by atoms with Gasteiger partial charge < -0.3 is 4.74 Å². The van der Waals surface area contributed by atoms with Crippen LogP contribution in [-0.4, -0.2) is 10.2 Å². The van der Waals surface area contributed by atoms with Crippen LogP contribution in [0.15, 0.2) is 42.6 Å². The molecule has 2 aromatic rings. The molecular weight excluding hydrogens is 214 g/mol. The number of aromatic amines is 1. The van der Waals surface area contributed by atoms with Crippen molar-refractivity contribution >= 4 is 0 Å². The zero-order valence-corrected chi connectivity index (χ0v) is 9.89. The Bertz CT molecular complexity index is 441. The topological polar surface area (TPSA) is 63.9 Å². The van der Waals surface area contributed by atoms with Crippen LogP contribution in [0.4, 0.5) is 0 Å². The van der Waals surface area contributed by atoms with E-state index in [2.05, 4.69) is 10.2 Å². The Balaban J connectivity index is 2.06. The fourth-order valence-corrected chi connectivity index (χ4v) is 1.65. The van der Waals surface area contributed by atoms with E-state index < -0.39 is 5.72 Å². The van der Waals surface area contributed by atoms with E-state index in [1.54, 1.807) is 6.20 Å². The second-order valence-electron chi connectivity index (χ2n) is 3.99. The number of H-pyrrole nitrogens is 1. The van der Waals surface area contributed by atoms with Crippen molar-refractivity contribution in [2.75, 3.05) is 0 Å². The van der Waals surface area contributed by atoms with Crippen LogP contribution in [0.1, 0.15) is 24.6 Å². The van der Waals surface area contributed by atoms with Crippen LogP contribution in [-0.2, 0) is 17.1 Å². The number of aromatic nitrogens is 2. The molecule has 0 amide bonds. The Morgan fingerprint density at radius 3 is 2.65 bits per heavy atom. The zero-order valence-electron chi connectivity index (χ0n) is 9.89. The first kappa shape index (κ1) is 11.8. The van der Waals surface area contributed by atoms with Crippen molar-refractivity contribution in [1.82, 2.24) is 10.2 Å². The maximum Gasteiger partial charge on any atom is 0.159 e. The summed E-state index contributed by atoms with van der Waals surface area (Å²) in [4.78, 5) is 0. The molecule has 1 unspecified atom stereocenters. The molecule has 1 aromatic carbocycles. The molecule has 0 aliphatic carbocycles. The summed E-state index contributed by atoms with van der Waals surface area (Å²) in [5.74, 6) is 0. The molecule has 17 heavy (non-hydrogen) atoms. The minimum atomic E-state index is -0.799. The van der Waals surface area contributed by atoms with Crippen LogP contribution in [0, 0.1) is 0 Å². The van der Waals surface area contributed by atoms with E-state index in [1.165, 1.54) is 0 Å². The number of ether oxygens (including phenoxy) is 1. The molecule has 0 saturated heterocycles. The predicted molar refractivity (Wildman–Crippen MR) is 66.0 cm³/mol. The van der Waals surface area contributed by atoms with Crippen LogP contribution in [0.2, 0.25) is 0 Å². The van der Waals surface area contributed by atoms with Gasteiger partial charge in [0.2, 0.25) is 0 Å². The zero-order chi connectivity index (χ0) is 12.1. The van der Waals surface area contributed by atoms with Crippen molar-refractivity contribution < 1.29 is 4.74 Å². The third-order valence-corrected chi connectivity index (χ3v) is 2.82. The molecule has 0 saturated carbocycles. The van der Waals surface area contributed by atoms with Gasteiger partial charge >= 0.3 is 0 Å². The Morgan fingerprint density at radius 2 is 2.06 bits per heavy atom. The Hall–Kier alpha value is -1.65. The summed E-state index contributed by atoms with van der Waals surface area (Å²) in [6.07, 6.45) is 2.36. The van der Waals surface area contributed by atoms with E-state index >= 15 is 0 Å². The summed E-state index contributed by atoms with van der Waals surface area (Å²) in [6, 6.07) is 11.8. The Morgan fingerprint density at radius 1 is 1.29 bits per heavy atom. The minimum absolute atomic E-state index is 0.490. The fraction of sp³-hybridized carbons (Fsp3) is 0.308. The van der Waals surface area contributed by atoms with Crippen LogP contribution < -0.4 is 5.73 Å². The van der Waals surface area contributed by atoms with Gasteiger partial charge in [0.05, 0.1) is 12.3 Å². The minimum Gasteiger partial charge on any atom is -0.350 e. The quantitative estimate of drug-likeness (QED) is 0.775. The number of nitrogens with zero attached hydrogens (tertiary/aromatic N) is 1. The van der Waals surface area contributed by atoms with Crippen molar-refractivity contribution in [2.24, 2.45) is 5.73 Å². The van der Waals surface area contributed by atoms with Crippen molar-refractivity contribution in [3.8, 4) is 0 Å². The number of rotatable bonds is 5. The predicted octanol–water partition coefficient (Wildman–Crippen LogP) is 2.15. The Labute approximate surface area is 101 Å². The van der Waals surface area contributed by atoms with Gasteiger partial charge in [-0.25, -0.2) is 0 Å². The second-order valence-corrected chi connectivity index (χ2v) is 3.99. The second kappa shape index (κ2) is 5.12. The maximum absolute atomic E-state index is 6.22. The first-order valence-corrected chi connectivity index (χ1v) is 5.71. The summed E-state index contributed by atoms with van der Waals surface area (Å²) in [7, 11) is 0. The lowest BCUT2D eigenvalue weighted by Gasteiger charge is -2.27. The maximum atomic E-state index is 6.22. The summed E-state index contributed by atoms with van der Waals surface area (Å²) in [5.41, 5.74) is 7.33. The van der Waals surface area contributed by atoms with Gasteiger partial charge in [-0.1, -0.05) is 37.3 Å². The van der Waals surface area contributed by atoms with Gasteiger partial charge in [0, 0.05) is 6.20 Å². The molecule has 1 aromatic heterocycles. The third kappa shape index (κ3) is 2.72. The standard InChI is InChI=1S/C13H17N3O/c1-2-13(14,12-8-9-15-16-12)17-10-11-6-4-3-5-7-11/h3-9H,2,10,14H2,1H3,(H,15,16). The highest BCUT2D eigenvalue weighted by molar-refractivity contribution is 5.14. The molecule has 0 spiro atoms. The molecule has 0 aliphatic rings. The Kier molecular flexibility index (Phi) is 3.56. The molecule has 0 radical (unpaired) electrons.